The summed E-state index contributed by atoms with van der Waals surface area (Å²) in [6, 6.07) is 29.7. The van der Waals surface area contributed by atoms with E-state index in [1.165, 1.54) is 5.56 Å². The monoisotopic (exact) mass is 529 g/mol. The highest BCUT2D eigenvalue weighted by Crippen LogP contribution is 2.31. The average molecular weight is 530 g/mol. The first-order valence-electron chi connectivity index (χ1n) is 12.9. The summed E-state index contributed by atoms with van der Waals surface area (Å²) in [4.78, 5) is 18.4. The fraction of sp³-hybridized carbons (Fsp3) is 0.125. The van der Waals surface area contributed by atoms with Crippen LogP contribution >= 0.6 is 0 Å². The third kappa shape index (κ3) is 4.60. The number of benzene rings is 4. The van der Waals surface area contributed by atoms with Crippen molar-refractivity contribution in [1.82, 2.24) is 24.5 Å². The maximum Gasteiger partial charge on any atom is 0.266 e. The fourth-order valence-corrected chi connectivity index (χ4v) is 4.92. The minimum atomic E-state index is -0.186. The fourth-order valence-electron chi connectivity index (χ4n) is 4.92. The molecule has 0 atom stereocenters. The van der Waals surface area contributed by atoms with Gasteiger partial charge in [0, 0.05) is 11.6 Å². The van der Waals surface area contributed by atoms with Crippen LogP contribution in [0, 0.1) is 6.92 Å². The van der Waals surface area contributed by atoms with Gasteiger partial charge in [-0.3, -0.25) is 9.36 Å². The van der Waals surface area contributed by atoms with Crippen LogP contribution in [0.3, 0.4) is 0 Å². The normalized spacial score (nSPS) is 11.1. The molecule has 0 fully saturated rings. The first-order chi connectivity index (χ1) is 19.6. The van der Waals surface area contributed by atoms with Gasteiger partial charge in [-0.15, -0.1) is 5.10 Å². The first-order valence-corrected chi connectivity index (χ1v) is 12.9. The van der Waals surface area contributed by atoms with E-state index < -0.39 is 0 Å². The van der Waals surface area contributed by atoms with Crippen LogP contribution in [0.1, 0.15) is 11.4 Å². The van der Waals surface area contributed by atoms with Crippen molar-refractivity contribution in [2.45, 2.75) is 13.5 Å². The molecule has 6 aromatic rings. The van der Waals surface area contributed by atoms with Gasteiger partial charge in [0.05, 0.1) is 43.6 Å². The second-order valence-electron chi connectivity index (χ2n) is 9.40. The molecule has 198 valence electrons. The topological polar surface area (TPSA) is 84.1 Å². The van der Waals surface area contributed by atoms with Gasteiger partial charge in [0.2, 0.25) is 0 Å². The van der Waals surface area contributed by atoms with E-state index in [-0.39, 0.29) is 5.56 Å². The van der Waals surface area contributed by atoms with E-state index in [0.29, 0.717) is 34.8 Å². The Morgan fingerprint density at radius 3 is 2.17 bits per heavy atom. The van der Waals surface area contributed by atoms with Crippen molar-refractivity contribution in [1.29, 1.82) is 0 Å². The summed E-state index contributed by atoms with van der Waals surface area (Å²) >= 11 is 0. The van der Waals surface area contributed by atoms with E-state index in [1.807, 2.05) is 55.6 Å². The highest BCUT2D eigenvalue weighted by molar-refractivity contribution is 5.82. The highest BCUT2D eigenvalue weighted by Gasteiger charge is 2.17. The summed E-state index contributed by atoms with van der Waals surface area (Å²) in [7, 11) is 3.10. The van der Waals surface area contributed by atoms with Gasteiger partial charge < -0.3 is 9.47 Å². The number of aromatic nitrogens is 5. The quantitative estimate of drug-likeness (QED) is 0.264. The third-order valence-electron chi connectivity index (χ3n) is 6.93. The van der Waals surface area contributed by atoms with Crippen molar-refractivity contribution in [2.75, 3.05) is 14.2 Å². The zero-order valence-electron chi connectivity index (χ0n) is 22.4. The van der Waals surface area contributed by atoms with E-state index in [1.54, 1.807) is 35.6 Å². The van der Waals surface area contributed by atoms with Crippen LogP contribution in [0.2, 0.25) is 0 Å². The SMILES string of the molecule is COc1cc2nc(C)n(-c3ccccc3Cn3cc(-c4ccc(-c5ccccc5)cc4)nn3)c(=O)c2cc1OC. The third-order valence-corrected chi connectivity index (χ3v) is 6.93. The molecule has 0 radical (unpaired) electrons. The summed E-state index contributed by atoms with van der Waals surface area (Å²) in [5.41, 5.74) is 6.07. The standard InChI is InChI=1S/C32H27N5O3/c1-21-33-27-18-31(40-3)30(39-2)17-26(27)32(38)37(21)29-12-8-7-11-25(29)19-36-20-28(34-35-36)24-15-13-23(14-16-24)22-9-5-4-6-10-22/h4-18,20H,19H2,1-3H3. The summed E-state index contributed by atoms with van der Waals surface area (Å²) in [6.45, 7) is 2.25. The van der Waals surface area contributed by atoms with E-state index in [4.69, 9.17) is 14.5 Å². The second kappa shape index (κ2) is 10.5. The number of fused-ring (bicyclic) bond motifs is 1. The number of aryl methyl sites for hydroxylation is 1. The number of rotatable bonds is 7. The smallest absolute Gasteiger partial charge is 0.266 e. The molecular weight excluding hydrogens is 502 g/mol. The van der Waals surface area contributed by atoms with Crippen LogP contribution in [0.4, 0.5) is 0 Å². The van der Waals surface area contributed by atoms with Gasteiger partial charge in [0.1, 0.15) is 11.5 Å². The van der Waals surface area contributed by atoms with Gasteiger partial charge in [-0.1, -0.05) is 78.0 Å². The molecule has 0 saturated carbocycles. The molecule has 0 bridgehead atoms. The summed E-state index contributed by atoms with van der Waals surface area (Å²) in [5.74, 6) is 1.57. The molecule has 0 N–H and O–H groups in total. The molecule has 4 aromatic carbocycles. The summed E-state index contributed by atoms with van der Waals surface area (Å²) < 4.78 is 14.2. The van der Waals surface area contributed by atoms with Gasteiger partial charge >= 0.3 is 0 Å². The molecule has 2 heterocycles. The zero-order valence-corrected chi connectivity index (χ0v) is 22.4. The molecule has 0 amide bonds. The lowest BCUT2D eigenvalue weighted by Gasteiger charge is -2.16. The van der Waals surface area contributed by atoms with Crippen molar-refractivity contribution in [3.63, 3.8) is 0 Å². The van der Waals surface area contributed by atoms with Crippen LogP contribution < -0.4 is 15.0 Å². The molecule has 40 heavy (non-hydrogen) atoms. The maximum absolute atomic E-state index is 13.7. The molecule has 0 aliphatic heterocycles. The van der Waals surface area contributed by atoms with Crippen LogP contribution in [0.15, 0.2) is 102 Å². The van der Waals surface area contributed by atoms with E-state index in [0.717, 1.165) is 28.1 Å². The van der Waals surface area contributed by atoms with Crippen molar-refractivity contribution in [2.24, 2.45) is 0 Å². The Balaban J connectivity index is 1.33. The second-order valence-corrected chi connectivity index (χ2v) is 9.40. The van der Waals surface area contributed by atoms with E-state index >= 15 is 0 Å². The van der Waals surface area contributed by atoms with Crippen molar-refractivity contribution < 1.29 is 9.47 Å². The molecular formula is C32H27N5O3. The number of ether oxygens (including phenoxy) is 2. The highest BCUT2D eigenvalue weighted by atomic mass is 16.5. The van der Waals surface area contributed by atoms with Gasteiger partial charge in [0.15, 0.2) is 11.5 Å². The van der Waals surface area contributed by atoms with Crippen molar-refractivity contribution in [3.8, 4) is 39.6 Å². The number of nitrogens with zero attached hydrogens (tertiary/aromatic N) is 5. The summed E-state index contributed by atoms with van der Waals surface area (Å²) in [6.07, 6.45) is 1.92. The molecule has 0 aliphatic rings. The minimum Gasteiger partial charge on any atom is -0.493 e. The Kier molecular flexibility index (Phi) is 6.57. The van der Waals surface area contributed by atoms with Crippen LogP contribution in [0.25, 0.3) is 39.0 Å². The Bertz CT molecular complexity index is 1880. The van der Waals surface area contributed by atoms with Crippen molar-refractivity contribution >= 4 is 10.9 Å². The number of para-hydroxylation sites is 1. The molecule has 0 aliphatic carbocycles. The van der Waals surface area contributed by atoms with E-state index in [9.17, 15) is 4.79 Å². The number of hydrogen-bond acceptors (Lipinski definition) is 6. The Morgan fingerprint density at radius 1 is 0.775 bits per heavy atom. The van der Waals surface area contributed by atoms with Gasteiger partial charge in [-0.2, -0.15) is 0 Å². The molecule has 2 aromatic heterocycles. The lowest BCUT2D eigenvalue weighted by atomic mass is 10.0. The van der Waals surface area contributed by atoms with Gasteiger partial charge in [-0.05, 0) is 35.7 Å². The van der Waals surface area contributed by atoms with Crippen LogP contribution in [-0.4, -0.2) is 38.8 Å². The van der Waals surface area contributed by atoms with Gasteiger partial charge in [0.25, 0.3) is 5.56 Å². The van der Waals surface area contributed by atoms with Crippen LogP contribution in [0.5, 0.6) is 11.5 Å². The Morgan fingerprint density at radius 2 is 1.43 bits per heavy atom. The Hall–Kier alpha value is -5.24. The lowest BCUT2D eigenvalue weighted by Crippen LogP contribution is -2.24. The molecule has 0 unspecified atom stereocenters. The number of hydrogen-bond donors (Lipinski definition) is 0. The zero-order chi connectivity index (χ0) is 27.6. The first kappa shape index (κ1) is 25.1. The molecule has 8 heteroatoms. The van der Waals surface area contributed by atoms with Crippen LogP contribution in [-0.2, 0) is 6.54 Å². The van der Waals surface area contributed by atoms with E-state index in [2.05, 4.69) is 46.7 Å². The molecule has 0 spiro atoms. The average Bonchev–Trinajstić information content (AvgIpc) is 3.46. The largest absolute Gasteiger partial charge is 0.493 e. The van der Waals surface area contributed by atoms with Gasteiger partial charge in [-0.25, -0.2) is 9.67 Å². The molecule has 6 rings (SSSR count). The lowest BCUT2D eigenvalue weighted by molar-refractivity contribution is 0.355. The maximum atomic E-state index is 13.7. The number of methoxy groups -OCH3 is 2. The predicted octanol–water partition coefficient (Wildman–Crippen LogP) is 5.69. The van der Waals surface area contributed by atoms with Crippen molar-refractivity contribution in [3.05, 3.63) is 119 Å². The molecule has 0 saturated heterocycles. The predicted molar refractivity (Wildman–Crippen MR) is 155 cm³/mol. The summed E-state index contributed by atoms with van der Waals surface area (Å²) in [5, 5.41) is 9.22. The Labute approximate surface area is 231 Å². The minimum absolute atomic E-state index is 0.186. The molecule has 8 nitrogen and oxygen atoms in total.